The molecule has 1 heterocycles. The van der Waals surface area contributed by atoms with Crippen LogP contribution in [0.15, 0.2) is 55.1 Å². The van der Waals surface area contributed by atoms with Crippen molar-refractivity contribution < 1.29 is 4.74 Å². The average Bonchev–Trinajstić information content (AvgIpc) is 2.99. The first kappa shape index (κ1) is 12.8. The first-order chi connectivity index (χ1) is 8.92. The number of allylic oxidation sites excluding steroid dienone is 1. The van der Waals surface area contributed by atoms with Crippen LogP contribution in [0.5, 0.6) is 0 Å². The normalized spacial score (nSPS) is 14.0. The Balaban J connectivity index is 0.000000202. The highest BCUT2D eigenvalue weighted by Crippen LogP contribution is 2.18. The van der Waals surface area contributed by atoms with Crippen LogP contribution >= 0.6 is 0 Å². The van der Waals surface area contributed by atoms with Gasteiger partial charge in [0.2, 0.25) is 0 Å². The topological polar surface area (TPSA) is 9.23 Å². The van der Waals surface area contributed by atoms with Crippen molar-refractivity contribution in [2.45, 2.75) is 19.3 Å². The Kier molecular flexibility index (Phi) is 4.98. The first-order valence-corrected chi connectivity index (χ1v) is 6.57. The zero-order chi connectivity index (χ0) is 12.6. The van der Waals surface area contributed by atoms with E-state index >= 15 is 0 Å². The van der Waals surface area contributed by atoms with Gasteiger partial charge in [-0.2, -0.15) is 0 Å². The number of hydrogen-bond donors (Lipinski definition) is 0. The first-order valence-electron chi connectivity index (χ1n) is 6.57. The minimum atomic E-state index is 0.946. The summed E-state index contributed by atoms with van der Waals surface area (Å²) in [5.41, 5.74) is 1.35. The highest BCUT2D eigenvalue weighted by atomic mass is 16.5. The Bertz CT molecular complexity index is 485. The molecule has 2 aromatic carbocycles. The molecule has 3 rings (SSSR count). The van der Waals surface area contributed by atoms with Crippen LogP contribution in [0.2, 0.25) is 0 Å². The van der Waals surface area contributed by atoms with Crippen LogP contribution in [0, 0.1) is 0 Å². The second kappa shape index (κ2) is 6.97. The fraction of sp³-hybridized carbons (Fsp3) is 0.294. The van der Waals surface area contributed by atoms with Crippen LogP contribution in [0.1, 0.15) is 18.4 Å². The van der Waals surface area contributed by atoms with E-state index in [-0.39, 0.29) is 0 Å². The van der Waals surface area contributed by atoms with Gasteiger partial charge in [0.15, 0.2) is 0 Å². The SMILES string of the molecule is C1CCOC1.C=CCc1cccc2ccccc12. The summed E-state index contributed by atoms with van der Waals surface area (Å²) in [4.78, 5) is 0. The van der Waals surface area contributed by atoms with E-state index in [2.05, 4.69) is 49.0 Å². The molecule has 0 spiro atoms. The minimum Gasteiger partial charge on any atom is -0.381 e. The van der Waals surface area contributed by atoms with Crippen molar-refractivity contribution in [3.05, 3.63) is 60.7 Å². The molecule has 1 heteroatoms. The molecule has 0 atom stereocenters. The summed E-state index contributed by atoms with van der Waals surface area (Å²) in [5, 5.41) is 2.65. The summed E-state index contributed by atoms with van der Waals surface area (Å²) in [6.07, 6.45) is 5.45. The third kappa shape index (κ3) is 3.44. The number of rotatable bonds is 2. The lowest BCUT2D eigenvalue weighted by molar-refractivity contribution is 0.198. The molecular weight excluding hydrogens is 220 g/mol. The van der Waals surface area contributed by atoms with Crippen molar-refractivity contribution in [2.75, 3.05) is 13.2 Å². The third-order valence-corrected chi connectivity index (χ3v) is 3.07. The van der Waals surface area contributed by atoms with Gasteiger partial charge in [0, 0.05) is 13.2 Å². The van der Waals surface area contributed by atoms with E-state index in [9.17, 15) is 0 Å². The maximum Gasteiger partial charge on any atom is 0.0466 e. The molecule has 0 bridgehead atoms. The second-order valence-electron chi connectivity index (χ2n) is 4.45. The molecule has 94 valence electrons. The molecule has 0 saturated carbocycles. The quantitative estimate of drug-likeness (QED) is 0.708. The maximum atomic E-state index is 4.94. The Morgan fingerprint density at radius 2 is 1.72 bits per heavy atom. The van der Waals surface area contributed by atoms with Crippen LogP contribution in [0.4, 0.5) is 0 Å². The standard InChI is InChI=1S/C13H12.C4H8O/c1-2-6-11-8-5-9-12-7-3-4-10-13(11)12;1-2-4-5-3-1/h2-5,7-10H,1,6H2;1-4H2. The maximum absolute atomic E-state index is 4.94. The van der Waals surface area contributed by atoms with E-state index in [1.807, 2.05) is 6.08 Å². The highest BCUT2D eigenvalue weighted by molar-refractivity contribution is 5.85. The van der Waals surface area contributed by atoms with Gasteiger partial charge in [-0.05, 0) is 35.6 Å². The Morgan fingerprint density at radius 3 is 2.39 bits per heavy atom. The van der Waals surface area contributed by atoms with Crippen LogP contribution in [-0.2, 0) is 11.2 Å². The van der Waals surface area contributed by atoms with E-state index in [4.69, 9.17) is 4.74 Å². The van der Waals surface area contributed by atoms with Crippen molar-refractivity contribution in [2.24, 2.45) is 0 Å². The molecule has 0 aromatic heterocycles. The fourth-order valence-corrected chi connectivity index (χ4v) is 2.14. The minimum absolute atomic E-state index is 0.946. The van der Waals surface area contributed by atoms with Gasteiger partial charge >= 0.3 is 0 Å². The molecule has 18 heavy (non-hydrogen) atoms. The lowest BCUT2D eigenvalue weighted by Crippen LogP contribution is -1.82. The van der Waals surface area contributed by atoms with Gasteiger partial charge < -0.3 is 4.74 Å². The molecular formula is C17H20O. The molecule has 1 aliphatic heterocycles. The molecule has 2 aromatic rings. The molecule has 1 nitrogen and oxygen atoms in total. The number of hydrogen-bond acceptors (Lipinski definition) is 1. The third-order valence-electron chi connectivity index (χ3n) is 3.07. The molecule has 0 aliphatic carbocycles. The van der Waals surface area contributed by atoms with Gasteiger partial charge in [0.05, 0.1) is 0 Å². The number of benzene rings is 2. The predicted molar refractivity (Wildman–Crippen MR) is 77.9 cm³/mol. The van der Waals surface area contributed by atoms with Gasteiger partial charge in [0.1, 0.15) is 0 Å². The lowest BCUT2D eigenvalue weighted by atomic mass is 10.0. The highest BCUT2D eigenvalue weighted by Gasteiger charge is 1.96. The van der Waals surface area contributed by atoms with Crippen molar-refractivity contribution in [3.8, 4) is 0 Å². The molecule has 0 amide bonds. The molecule has 1 aliphatic rings. The van der Waals surface area contributed by atoms with Crippen LogP contribution < -0.4 is 0 Å². The van der Waals surface area contributed by atoms with Crippen molar-refractivity contribution in [3.63, 3.8) is 0 Å². The van der Waals surface area contributed by atoms with Gasteiger partial charge in [-0.15, -0.1) is 6.58 Å². The fourth-order valence-electron chi connectivity index (χ4n) is 2.14. The second-order valence-corrected chi connectivity index (χ2v) is 4.45. The molecule has 1 saturated heterocycles. The summed E-state index contributed by atoms with van der Waals surface area (Å²) in [6.45, 7) is 5.76. The van der Waals surface area contributed by atoms with Gasteiger partial charge in [-0.25, -0.2) is 0 Å². The molecule has 0 N–H and O–H groups in total. The van der Waals surface area contributed by atoms with E-state index in [1.165, 1.54) is 29.2 Å². The van der Waals surface area contributed by atoms with E-state index in [1.54, 1.807) is 0 Å². The summed E-state index contributed by atoms with van der Waals surface area (Å²) in [5.74, 6) is 0. The van der Waals surface area contributed by atoms with Crippen LogP contribution in [0.25, 0.3) is 10.8 Å². The largest absolute Gasteiger partial charge is 0.381 e. The summed E-state index contributed by atoms with van der Waals surface area (Å²) < 4.78 is 4.94. The molecule has 0 radical (unpaired) electrons. The lowest BCUT2D eigenvalue weighted by Gasteiger charge is -2.02. The zero-order valence-electron chi connectivity index (χ0n) is 10.8. The molecule has 1 fully saturated rings. The van der Waals surface area contributed by atoms with Crippen molar-refractivity contribution in [1.82, 2.24) is 0 Å². The summed E-state index contributed by atoms with van der Waals surface area (Å²) in [7, 11) is 0. The zero-order valence-corrected chi connectivity index (χ0v) is 10.8. The number of ether oxygens (including phenoxy) is 1. The monoisotopic (exact) mass is 240 g/mol. The van der Waals surface area contributed by atoms with Crippen molar-refractivity contribution >= 4 is 10.8 Å². The number of fused-ring (bicyclic) bond motifs is 1. The molecule has 0 unspecified atom stereocenters. The van der Waals surface area contributed by atoms with E-state index in [0.717, 1.165) is 19.6 Å². The van der Waals surface area contributed by atoms with Crippen LogP contribution in [-0.4, -0.2) is 13.2 Å². The van der Waals surface area contributed by atoms with Crippen molar-refractivity contribution in [1.29, 1.82) is 0 Å². The van der Waals surface area contributed by atoms with E-state index < -0.39 is 0 Å². The van der Waals surface area contributed by atoms with E-state index in [0.29, 0.717) is 0 Å². The smallest absolute Gasteiger partial charge is 0.0466 e. The van der Waals surface area contributed by atoms with Gasteiger partial charge in [0.25, 0.3) is 0 Å². The Labute approximate surface area is 109 Å². The van der Waals surface area contributed by atoms with Gasteiger partial charge in [-0.3, -0.25) is 0 Å². The average molecular weight is 240 g/mol. The predicted octanol–water partition coefficient (Wildman–Crippen LogP) is 4.37. The summed E-state index contributed by atoms with van der Waals surface area (Å²) >= 11 is 0. The Hall–Kier alpha value is -1.60. The van der Waals surface area contributed by atoms with Gasteiger partial charge in [-0.1, -0.05) is 48.5 Å². The van der Waals surface area contributed by atoms with Crippen LogP contribution in [0.3, 0.4) is 0 Å². The Morgan fingerprint density at radius 1 is 1.00 bits per heavy atom. The summed E-state index contributed by atoms with van der Waals surface area (Å²) in [6, 6.07) is 14.8.